The van der Waals surface area contributed by atoms with E-state index in [0.29, 0.717) is 18.9 Å². The smallest absolute Gasteiger partial charge is 0.422 e. The molecule has 1 amide bonds. The van der Waals surface area contributed by atoms with E-state index < -0.39 is 30.9 Å². The second-order valence-electron chi connectivity index (χ2n) is 8.10. The molecular formula is C23H32F3NO6. The molecule has 1 saturated carbocycles. The molecule has 7 nitrogen and oxygen atoms in total. The Kier molecular flexibility index (Phi) is 10.8. The van der Waals surface area contributed by atoms with Crippen molar-refractivity contribution >= 4 is 12.1 Å². The van der Waals surface area contributed by atoms with Crippen LogP contribution in [0.25, 0.3) is 0 Å². The molecule has 0 aromatic heterocycles. The van der Waals surface area contributed by atoms with Crippen LogP contribution in [0.15, 0.2) is 24.3 Å². The number of ether oxygens (including phenoxy) is 3. The SMILES string of the molecule is CCOC(Cc1ccc(OCCN(CC2CCCCC2)C(=O)OCC(F)(F)F)cc1)C(=O)O. The van der Waals surface area contributed by atoms with Crippen LogP contribution >= 0.6 is 0 Å². The van der Waals surface area contributed by atoms with E-state index in [1.807, 2.05) is 0 Å². The van der Waals surface area contributed by atoms with Crippen LogP contribution < -0.4 is 4.74 Å². The molecule has 1 N–H and O–H groups in total. The van der Waals surface area contributed by atoms with Crippen LogP contribution in [0.3, 0.4) is 0 Å². The minimum Gasteiger partial charge on any atom is -0.492 e. The molecule has 1 atom stereocenters. The third kappa shape index (κ3) is 10.3. The van der Waals surface area contributed by atoms with Gasteiger partial charge in [-0.3, -0.25) is 0 Å². The van der Waals surface area contributed by atoms with Gasteiger partial charge in [-0.25, -0.2) is 9.59 Å². The number of hydrogen-bond acceptors (Lipinski definition) is 5. The van der Waals surface area contributed by atoms with Crippen molar-refractivity contribution in [3.63, 3.8) is 0 Å². The number of alkyl halides is 3. The van der Waals surface area contributed by atoms with Gasteiger partial charge in [-0.15, -0.1) is 0 Å². The topological polar surface area (TPSA) is 85.3 Å². The van der Waals surface area contributed by atoms with Gasteiger partial charge in [0.15, 0.2) is 12.7 Å². The first-order valence-electron chi connectivity index (χ1n) is 11.2. The lowest BCUT2D eigenvalue weighted by Crippen LogP contribution is -2.40. The molecule has 1 aliphatic carbocycles. The van der Waals surface area contributed by atoms with E-state index in [9.17, 15) is 27.9 Å². The maximum absolute atomic E-state index is 12.4. The van der Waals surface area contributed by atoms with E-state index in [1.165, 1.54) is 4.90 Å². The molecule has 1 aliphatic rings. The summed E-state index contributed by atoms with van der Waals surface area (Å²) in [7, 11) is 0. The summed E-state index contributed by atoms with van der Waals surface area (Å²) in [6, 6.07) is 6.80. The Morgan fingerprint density at radius 3 is 2.39 bits per heavy atom. The lowest BCUT2D eigenvalue weighted by molar-refractivity contribution is -0.162. The van der Waals surface area contributed by atoms with Gasteiger partial charge in [-0.05, 0) is 43.4 Å². The van der Waals surface area contributed by atoms with Crippen molar-refractivity contribution in [1.29, 1.82) is 0 Å². The number of carbonyl (C=O) groups is 2. The molecule has 33 heavy (non-hydrogen) atoms. The molecule has 0 bridgehead atoms. The number of carboxylic acid groups (broad SMARTS) is 1. The fraction of sp³-hybridized carbons (Fsp3) is 0.652. The first-order chi connectivity index (χ1) is 15.7. The van der Waals surface area contributed by atoms with Crippen molar-refractivity contribution in [3.05, 3.63) is 29.8 Å². The van der Waals surface area contributed by atoms with Crippen LogP contribution in [0.5, 0.6) is 5.75 Å². The van der Waals surface area contributed by atoms with Crippen molar-refractivity contribution in [3.8, 4) is 5.75 Å². The van der Waals surface area contributed by atoms with Crippen LogP contribution in [0.4, 0.5) is 18.0 Å². The predicted molar refractivity (Wildman–Crippen MR) is 114 cm³/mol. The van der Waals surface area contributed by atoms with Crippen molar-refractivity contribution < 1.29 is 42.1 Å². The second kappa shape index (κ2) is 13.3. The van der Waals surface area contributed by atoms with Gasteiger partial charge in [-0.2, -0.15) is 13.2 Å². The average molecular weight is 476 g/mol. The van der Waals surface area contributed by atoms with Gasteiger partial charge in [0.25, 0.3) is 0 Å². The lowest BCUT2D eigenvalue weighted by Gasteiger charge is -2.29. The zero-order valence-electron chi connectivity index (χ0n) is 18.8. The minimum absolute atomic E-state index is 0.0872. The molecule has 186 valence electrons. The van der Waals surface area contributed by atoms with Gasteiger partial charge in [-0.1, -0.05) is 31.4 Å². The summed E-state index contributed by atoms with van der Waals surface area (Å²) < 4.78 is 52.7. The van der Waals surface area contributed by atoms with Crippen molar-refractivity contribution in [2.24, 2.45) is 5.92 Å². The van der Waals surface area contributed by atoms with Crippen LogP contribution in [0.1, 0.15) is 44.6 Å². The van der Waals surface area contributed by atoms with Crippen molar-refractivity contribution in [2.45, 2.75) is 57.7 Å². The number of amides is 1. The van der Waals surface area contributed by atoms with Gasteiger partial charge in [0.1, 0.15) is 12.4 Å². The van der Waals surface area contributed by atoms with Gasteiger partial charge >= 0.3 is 18.2 Å². The maximum Gasteiger partial charge on any atom is 0.422 e. The number of nitrogens with zero attached hydrogens (tertiary/aromatic N) is 1. The van der Waals surface area contributed by atoms with Crippen LogP contribution in [-0.4, -0.2) is 67.3 Å². The first-order valence-corrected chi connectivity index (χ1v) is 11.2. The summed E-state index contributed by atoms with van der Waals surface area (Å²) in [5, 5.41) is 9.18. The Labute approximate surface area is 191 Å². The Morgan fingerprint density at radius 2 is 1.82 bits per heavy atom. The normalized spacial score (nSPS) is 15.6. The number of benzene rings is 1. The molecule has 0 radical (unpaired) electrons. The summed E-state index contributed by atoms with van der Waals surface area (Å²) in [5.74, 6) is -0.292. The van der Waals surface area contributed by atoms with Gasteiger partial charge in [0, 0.05) is 19.6 Å². The van der Waals surface area contributed by atoms with E-state index in [-0.39, 0.29) is 25.5 Å². The Morgan fingerprint density at radius 1 is 1.15 bits per heavy atom. The molecule has 0 heterocycles. The Bertz CT molecular complexity index is 735. The van der Waals surface area contributed by atoms with Gasteiger partial charge < -0.3 is 24.2 Å². The minimum atomic E-state index is -4.58. The highest BCUT2D eigenvalue weighted by atomic mass is 19.4. The van der Waals surface area contributed by atoms with Crippen LogP contribution in [-0.2, 0) is 20.7 Å². The summed E-state index contributed by atoms with van der Waals surface area (Å²) >= 11 is 0. The van der Waals surface area contributed by atoms with Crippen molar-refractivity contribution in [1.82, 2.24) is 4.90 Å². The van der Waals surface area contributed by atoms with Gasteiger partial charge in [0.05, 0.1) is 6.54 Å². The monoisotopic (exact) mass is 475 g/mol. The fourth-order valence-electron chi connectivity index (χ4n) is 3.80. The number of rotatable bonds is 12. The van der Waals surface area contributed by atoms with Crippen molar-refractivity contribution in [2.75, 3.05) is 32.9 Å². The third-order valence-corrected chi connectivity index (χ3v) is 5.44. The molecule has 10 heteroatoms. The third-order valence-electron chi connectivity index (χ3n) is 5.44. The van der Waals surface area contributed by atoms with E-state index in [2.05, 4.69) is 4.74 Å². The zero-order chi connectivity index (χ0) is 24.3. The molecule has 1 unspecified atom stereocenters. The average Bonchev–Trinajstić information content (AvgIpc) is 2.77. The molecule has 0 aliphatic heterocycles. The largest absolute Gasteiger partial charge is 0.492 e. The quantitative estimate of drug-likeness (QED) is 0.473. The Balaban J connectivity index is 1.89. The summed E-state index contributed by atoms with van der Waals surface area (Å²) in [6.45, 7) is 0.927. The molecule has 1 fully saturated rings. The van der Waals surface area contributed by atoms with E-state index >= 15 is 0 Å². The number of halogens is 3. The number of carbonyl (C=O) groups excluding carboxylic acids is 1. The highest BCUT2D eigenvalue weighted by Gasteiger charge is 2.31. The van der Waals surface area contributed by atoms with E-state index in [0.717, 1.165) is 37.7 Å². The summed E-state index contributed by atoms with van der Waals surface area (Å²) in [5.41, 5.74) is 0.762. The highest BCUT2D eigenvalue weighted by Crippen LogP contribution is 2.25. The van der Waals surface area contributed by atoms with E-state index in [1.54, 1.807) is 31.2 Å². The predicted octanol–water partition coefficient (Wildman–Crippen LogP) is 4.68. The Hall–Kier alpha value is -2.49. The van der Waals surface area contributed by atoms with Gasteiger partial charge in [0.2, 0.25) is 0 Å². The molecule has 1 aromatic rings. The molecule has 2 rings (SSSR count). The number of hydrogen-bond donors (Lipinski definition) is 1. The standard InChI is InChI=1S/C23H32F3NO6/c1-2-31-20(21(28)29)14-17-8-10-19(11-9-17)32-13-12-27(15-18-6-4-3-5-7-18)22(30)33-16-23(24,25)26/h8-11,18,20H,2-7,12-16H2,1H3,(H,28,29). The van der Waals surface area contributed by atoms with Crippen LogP contribution in [0.2, 0.25) is 0 Å². The lowest BCUT2D eigenvalue weighted by atomic mass is 9.89. The fourth-order valence-corrected chi connectivity index (χ4v) is 3.80. The molecule has 0 saturated heterocycles. The molecule has 0 spiro atoms. The summed E-state index contributed by atoms with van der Waals surface area (Å²) in [4.78, 5) is 24.7. The molecule has 1 aromatic carbocycles. The van der Waals surface area contributed by atoms with E-state index in [4.69, 9.17) is 9.47 Å². The summed E-state index contributed by atoms with van der Waals surface area (Å²) in [6.07, 6.45) is -1.20. The zero-order valence-corrected chi connectivity index (χ0v) is 18.8. The second-order valence-corrected chi connectivity index (χ2v) is 8.10. The first kappa shape index (κ1) is 26.8. The number of aliphatic carboxylic acids is 1. The number of carboxylic acids is 1. The molecular weight excluding hydrogens is 443 g/mol. The highest BCUT2D eigenvalue weighted by molar-refractivity contribution is 5.72. The van der Waals surface area contributed by atoms with Crippen LogP contribution in [0, 0.1) is 5.92 Å². The maximum atomic E-state index is 12.4.